The molecule has 0 N–H and O–H groups in total. The molecule has 2 rings (SSSR count). The van der Waals surface area contributed by atoms with Crippen molar-refractivity contribution in [3.05, 3.63) is 45.2 Å². The van der Waals surface area contributed by atoms with Crippen LogP contribution >= 0.6 is 23.5 Å². The molecule has 0 fully saturated rings. The fraction of sp³-hybridized carbons (Fsp3) is 0.167. The Hall–Kier alpha value is -1.00. The van der Waals surface area contributed by atoms with Crippen LogP contribution < -0.4 is 0 Å². The molecule has 82 valence electrons. The van der Waals surface area contributed by atoms with Gasteiger partial charge in [0.1, 0.15) is 0 Å². The van der Waals surface area contributed by atoms with Gasteiger partial charge in [0, 0.05) is 11.1 Å². The summed E-state index contributed by atoms with van der Waals surface area (Å²) < 4.78 is 0. The van der Waals surface area contributed by atoms with Crippen molar-refractivity contribution in [2.24, 2.45) is 0 Å². The minimum Gasteiger partial charge on any atom is -0.288 e. The number of thioether (sulfide) groups is 2. The van der Waals surface area contributed by atoms with Gasteiger partial charge in [-0.25, -0.2) is 0 Å². The maximum absolute atomic E-state index is 12.1. The van der Waals surface area contributed by atoms with Gasteiger partial charge in [-0.3, -0.25) is 9.59 Å². The highest BCUT2D eigenvalue weighted by atomic mass is 32.2. The van der Waals surface area contributed by atoms with E-state index in [0.717, 1.165) is 0 Å². The summed E-state index contributed by atoms with van der Waals surface area (Å²) in [6.07, 6.45) is 3.65. The highest BCUT2D eigenvalue weighted by Gasteiger charge is 2.30. The van der Waals surface area contributed by atoms with Crippen LogP contribution in [-0.4, -0.2) is 24.1 Å². The molecule has 1 aliphatic rings. The molecule has 0 heterocycles. The van der Waals surface area contributed by atoms with Crippen molar-refractivity contribution in [3.63, 3.8) is 0 Å². The Labute approximate surface area is 102 Å². The second kappa shape index (κ2) is 4.47. The molecule has 0 aromatic heterocycles. The monoisotopic (exact) mass is 250 g/mol. The molecule has 0 saturated carbocycles. The average molecular weight is 250 g/mol. The van der Waals surface area contributed by atoms with Crippen molar-refractivity contribution in [3.8, 4) is 0 Å². The van der Waals surface area contributed by atoms with E-state index >= 15 is 0 Å². The van der Waals surface area contributed by atoms with E-state index in [2.05, 4.69) is 0 Å². The van der Waals surface area contributed by atoms with Gasteiger partial charge in [0.25, 0.3) is 0 Å². The summed E-state index contributed by atoms with van der Waals surface area (Å²) in [5, 5.41) is 0. The average Bonchev–Trinajstić information content (AvgIpc) is 2.33. The van der Waals surface area contributed by atoms with Gasteiger partial charge < -0.3 is 0 Å². The first kappa shape index (κ1) is 11.5. The van der Waals surface area contributed by atoms with Crippen molar-refractivity contribution >= 4 is 35.1 Å². The van der Waals surface area contributed by atoms with Crippen molar-refractivity contribution in [2.45, 2.75) is 0 Å². The van der Waals surface area contributed by atoms with Gasteiger partial charge >= 0.3 is 0 Å². The second-order valence-corrected chi connectivity index (χ2v) is 4.90. The van der Waals surface area contributed by atoms with Gasteiger partial charge in [0.15, 0.2) is 0 Å². The Morgan fingerprint density at radius 3 is 1.50 bits per heavy atom. The van der Waals surface area contributed by atoms with Gasteiger partial charge in [0.05, 0.1) is 9.81 Å². The molecule has 0 saturated heterocycles. The van der Waals surface area contributed by atoms with E-state index in [0.29, 0.717) is 20.9 Å². The molecule has 1 aliphatic carbocycles. The quantitative estimate of drug-likeness (QED) is 0.808. The second-order valence-electron chi connectivity index (χ2n) is 3.27. The maximum atomic E-state index is 12.1. The molecular formula is C12H10O2S2. The maximum Gasteiger partial charge on any atom is 0.201 e. The lowest BCUT2D eigenvalue weighted by molar-refractivity contribution is 0.0988. The van der Waals surface area contributed by atoms with Crippen LogP contribution in [0.1, 0.15) is 20.7 Å². The van der Waals surface area contributed by atoms with E-state index in [1.165, 1.54) is 23.5 Å². The van der Waals surface area contributed by atoms with E-state index in [4.69, 9.17) is 0 Å². The van der Waals surface area contributed by atoms with Crippen LogP contribution in [0.2, 0.25) is 0 Å². The summed E-state index contributed by atoms with van der Waals surface area (Å²) in [6.45, 7) is 0. The molecule has 0 aliphatic heterocycles. The summed E-state index contributed by atoms with van der Waals surface area (Å²) in [7, 11) is 0. The van der Waals surface area contributed by atoms with Crippen LogP contribution in [0.15, 0.2) is 34.1 Å². The lowest BCUT2D eigenvalue weighted by atomic mass is 9.94. The zero-order chi connectivity index (χ0) is 11.7. The summed E-state index contributed by atoms with van der Waals surface area (Å²) in [4.78, 5) is 25.4. The van der Waals surface area contributed by atoms with E-state index in [1.54, 1.807) is 24.3 Å². The summed E-state index contributed by atoms with van der Waals surface area (Å²) in [6, 6.07) is 6.99. The predicted octanol–water partition coefficient (Wildman–Crippen LogP) is 3.00. The van der Waals surface area contributed by atoms with Crippen LogP contribution in [0.4, 0.5) is 0 Å². The molecule has 1 aromatic carbocycles. The first-order chi connectivity index (χ1) is 7.70. The SMILES string of the molecule is CSC1=C(SC)C(=O)c2ccccc2C1=O. The van der Waals surface area contributed by atoms with E-state index in [-0.39, 0.29) is 11.6 Å². The van der Waals surface area contributed by atoms with E-state index < -0.39 is 0 Å². The number of ketones is 2. The number of allylic oxidation sites excluding steroid dienone is 2. The van der Waals surface area contributed by atoms with Crippen molar-refractivity contribution < 1.29 is 9.59 Å². The normalized spacial score (nSPS) is 15.4. The fourth-order valence-electron chi connectivity index (χ4n) is 1.70. The molecule has 4 heteroatoms. The fourth-order valence-corrected chi connectivity index (χ4v) is 3.35. The summed E-state index contributed by atoms with van der Waals surface area (Å²) in [5.74, 6) is -0.0703. The number of hydrogen-bond acceptors (Lipinski definition) is 4. The number of carbonyl (C=O) groups is 2. The zero-order valence-electron chi connectivity index (χ0n) is 8.94. The third-order valence-corrected chi connectivity index (χ3v) is 4.17. The number of fused-ring (bicyclic) bond motifs is 1. The molecule has 16 heavy (non-hydrogen) atoms. The van der Waals surface area contributed by atoms with Crippen molar-refractivity contribution in [1.29, 1.82) is 0 Å². The lowest BCUT2D eigenvalue weighted by Crippen LogP contribution is -2.19. The highest BCUT2D eigenvalue weighted by molar-refractivity contribution is 8.07. The van der Waals surface area contributed by atoms with Gasteiger partial charge in [-0.05, 0) is 12.5 Å². The smallest absolute Gasteiger partial charge is 0.201 e. The van der Waals surface area contributed by atoms with Crippen LogP contribution in [-0.2, 0) is 0 Å². The third kappa shape index (κ3) is 1.62. The number of benzene rings is 1. The minimum absolute atomic E-state index is 0.0351. The zero-order valence-corrected chi connectivity index (χ0v) is 10.6. The van der Waals surface area contributed by atoms with Crippen LogP contribution in [0.3, 0.4) is 0 Å². The van der Waals surface area contributed by atoms with Gasteiger partial charge in [-0.2, -0.15) is 0 Å². The Kier molecular flexibility index (Phi) is 3.21. The number of Topliss-reactive ketones (excluding diaryl/α,β-unsaturated/α-hetero) is 2. The van der Waals surface area contributed by atoms with Gasteiger partial charge in [-0.15, -0.1) is 23.5 Å². The number of hydrogen-bond donors (Lipinski definition) is 0. The Morgan fingerprint density at radius 1 is 0.812 bits per heavy atom. The molecule has 0 unspecified atom stereocenters. The standard InChI is InChI=1S/C12H10O2S2/c1-15-11-9(13)7-5-3-4-6-8(7)10(14)12(11)16-2/h3-6H,1-2H3. The van der Waals surface area contributed by atoms with E-state index in [1.807, 2.05) is 12.5 Å². The first-order valence-electron chi connectivity index (χ1n) is 4.71. The van der Waals surface area contributed by atoms with E-state index in [9.17, 15) is 9.59 Å². The molecule has 0 atom stereocenters. The largest absolute Gasteiger partial charge is 0.288 e. The van der Waals surface area contributed by atoms with Crippen molar-refractivity contribution in [1.82, 2.24) is 0 Å². The first-order valence-corrected chi connectivity index (χ1v) is 7.16. The lowest BCUT2D eigenvalue weighted by Gasteiger charge is -2.18. The molecular weight excluding hydrogens is 240 g/mol. The Morgan fingerprint density at radius 2 is 1.19 bits per heavy atom. The van der Waals surface area contributed by atoms with Gasteiger partial charge in [-0.1, -0.05) is 24.3 Å². The Balaban J connectivity index is 2.67. The van der Waals surface area contributed by atoms with Crippen molar-refractivity contribution in [2.75, 3.05) is 12.5 Å². The molecule has 2 nitrogen and oxygen atoms in total. The molecule has 0 bridgehead atoms. The van der Waals surface area contributed by atoms with Crippen LogP contribution in [0.5, 0.6) is 0 Å². The van der Waals surface area contributed by atoms with Crippen LogP contribution in [0.25, 0.3) is 0 Å². The minimum atomic E-state index is -0.0351. The third-order valence-electron chi connectivity index (χ3n) is 2.44. The molecule has 0 radical (unpaired) electrons. The predicted molar refractivity (Wildman–Crippen MR) is 69.2 cm³/mol. The molecule has 0 spiro atoms. The molecule has 0 amide bonds. The summed E-state index contributed by atoms with van der Waals surface area (Å²) >= 11 is 2.68. The summed E-state index contributed by atoms with van der Waals surface area (Å²) in [5.41, 5.74) is 1.05. The number of rotatable bonds is 2. The topological polar surface area (TPSA) is 34.1 Å². The molecule has 1 aromatic rings. The highest BCUT2D eigenvalue weighted by Crippen LogP contribution is 2.35. The van der Waals surface area contributed by atoms with Gasteiger partial charge in [0.2, 0.25) is 11.6 Å². The Bertz CT molecular complexity index is 458. The number of carbonyl (C=O) groups excluding carboxylic acids is 2. The van der Waals surface area contributed by atoms with Crippen LogP contribution in [0, 0.1) is 0 Å².